The highest BCUT2D eigenvalue weighted by molar-refractivity contribution is 4.84. The van der Waals surface area contributed by atoms with Crippen molar-refractivity contribution in [3.63, 3.8) is 0 Å². The van der Waals surface area contributed by atoms with Crippen molar-refractivity contribution in [2.45, 2.75) is 46.7 Å². The Morgan fingerprint density at radius 3 is 2.93 bits per heavy atom. The molecule has 86 valence electrons. The SMILES string of the molecule is CCCNCc1ncnn1CC(C)CC. The van der Waals surface area contributed by atoms with Crippen LogP contribution >= 0.6 is 0 Å². The Bertz CT molecular complexity index is 269. The Morgan fingerprint density at radius 2 is 2.27 bits per heavy atom. The molecule has 1 aromatic rings. The summed E-state index contributed by atoms with van der Waals surface area (Å²) in [5, 5.41) is 7.59. The third-order valence-electron chi connectivity index (χ3n) is 2.59. The maximum absolute atomic E-state index is 4.26. The van der Waals surface area contributed by atoms with Crippen LogP contribution in [-0.4, -0.2) is 21.3 Å². The van der Waals surface area contributed by atoms with E-state index in [1.54, 1.807) is 6.33 Å². The van der Waals surface area contributed by atoms with Gasteiger partial charge in [-0.2, -0.15) is 5.10 Å². The smallest absolute Gasteiger partial charge is 0.140 e. The van der Waals surface area contributed by atoms with Crippen molar-refractivity contribution in [1.82, 2.24) is 20.1 Å². The van der Waals surface area contributed by atoms with E-state index < -0.39 is 0 Å². The van der Waals surface area contributed by atoms with Gasteiger partial charge in [-0.05, 0) is 18.9 Å². The summed E-state index contributed by atoms with van der Waals surface area (Å²) in [7, 11) is 0. The van der Waals surface area contributed by atoms with Crippen molar-refractivity contribution in [3.8, 4) is 0 Å². The minimum absolute atomic E-state index is 0.664. The number of hydrogen-bond donors (Lipinski definition) is 1. The van der Waals surface area contributed by atoms with Crippen LogP contribution in [0.1, 0.15) is 39.4 Å². The molecule has 0 radical (unpaired) electrons. The van der Waals surface area contributed by atoms with E-state index in [4.69, 9.17) is 0 Å². The standard InChI is InChI=1S/C11H22N4/c1-4-6-12-7-11-13-9-14-15(11)8-10(3)5-2/h9-10,12H,4-8H2,1-3H3. The van der Waals surface area contributed by atoms with Crippen LogP contribution in [0.25, 0.3) is 0 Å². The zero-order valence-corrected chi connectivity index (χ0v) is 10.0. The van der Waals surface area contributed by atoms with Crippen molar-refractivity contribution in [3.05, 3.63) is 12.2 Å². The van der Waals surface area contributed by atoms with Gasteiger partial charge in [0.05, 0.1) is 6.54 Å². The third kappa shape index (κ3) is 4.00. The predicted molar refractivity (Wildman–Crippen MR) is 61.5 cm³/mol. The van der Waals surface area contributed by atoms with Gasteiger partial charge in [-0.15, -0.1) is 0 Å². The molecule has 4 heteroatoms. The van der Waals surface area contributed by atoms with Gasteiger partial charge in [0.25, 0.3) is 0 Å². The highest BCUT2D eigenvalue weighted by Crippen LogP contribution is 2.05. The molecule has 4 nitrogen and oxygen atoms in total. The maximum Gasteiger partial charge on any atom is 0.140 e. The van der Waals surface area contributed by atoms with Crippen molar-refractivity contribution >= 4 is 0 Å². The van der Waals surface area contributed by atoms with Gasteiger partial charge < -0.3 is 5.32 Å². The Kier molecular flexibility index (Phi) is 5.32. The summed E-state index contributed by atoms with van der Waals surface area (Å²) in [4.78, 5) is 4.26. The van der Waals surface area contributed by atoms with E-state index in [1.165, 1.54) is 6.42 Å². The van der Waals surface area contributed by atoms with Gasteiger partial charge >= 0.3 is 0 Å². The molecule has 0 saturated carbocycles. The summed E-state index contributed by atoms with van der Waals surface area (Å²) in [5.74, 6) is 1.71. The lowest BCUT2D eigenvalue weighted by molar-refractivity contribution is 0.421. The summed E-state index contributed by atoms with van der Waals surface area (Å²) in [6, 6.07) is 0. The van der Waals surface area contributed by atoms with Crippen LogP contribution in [0, 0.1) is 5.92 Å². The Morgan fingerprint density at radius 1 is 1.47 bits per heavy atom. The Balaban J connectivity index is 2.45. The molecule has 0 bridgehead atoms. The first-order valence-electron chi connectivity index (χ1n) is 5.85. The zero-order chi connectivity index (χ0) is 11.1. The molecule has 1 aromatic heterocycles. The normalized spacial score (nSPS) is 13.0. The monoisotopic (exact) mass is 210 g/mol. The molecule has 0 amide bonds. The van der Waals surface area contributed by atoms with Gasteiger partial charge in [0.1, 0.15) is 12.2 Å². The first-order chi connectivity index (χ1) is 7.27. The van der Waals surface area contributed by atoms with Gasteiger partial charge in [-0.3, -0.25) is 0 Å². The van der Waals surface area contributed by atoms with Gasteiger partial charge in [0, 0.05) is 6.54 Å². The van der Waals surface area contributed by atoms with Crippen LogP contribution in [0.4, 0.5) is 0 Å². The van der Waals surface area contributed by atoms with E-state index in [1.807, 2.05) is 4.68 Å². The summed E-state index contributed by atoms with van der Waals surface area (Å²) in [6.07, 6.45) is 3.98. The molecule has 0 spiro atoms. The quantitative estimate of drug-likeness (QED) is 0.698. The lowest BCUT2D eigenvalue weighted by atomic mass is 10.1. The van der Waals surface area contributed by atoms with Gasteiger partial charge in [-0.1, -0.05) is 27.2 Å². The Labute approximate surface area is 92.1 Å². The van der Waals surface area contributed by atoms with E-state index >= 15 is 0 Å². The fourth-order valence-electron chi connectivity index (χ4n) is 1.38. The Hall–Kier alpha value is -0.900. The summed E-state index contributed by atoms with van der Waals surface area (Å²) in [5.41, 5.74) is 0. The first kappa shape index (κ1) is 12.2. The van der Waals surface area contributed by atoms with Crippen LogP contribution in [0.2, 0.25) is 0 Å². The fourth-order valence-corrected chi connectivity index (χ4v) is 1.38. The van der Waals surface area contributed by atoms with Crippen molar-refractivity contribution in [1.29, 1.82) is 0 Å². The molecule has 0 fully saturated rings. The number of nitrogens with zero attached hydrogens (tertiary/aromatic N) is 3. The molecule has 1 N–H and O–H groups in total. The van der Waals surface area contributed by atoms with E-state index in [9.17, 15) is 0 Å². The lowest BCUT2D eigenvalue weighted by Crippen LogP contribution is -2.19. The summed E-state index contributed by atoms with van der Waals surface area (Å²) < 4.78 is 2.01. The molecular weight excluding hydrogens is 188 g/mol. The van der Waals surface area contributed by atoms with Crippen LogP contribution in [0.3, 0.4) is 0 Å². The second-order valence-electron chi connectivity index (χ2n) is 4.05. The van der Waals surface area contributed by atoms with Crippen LogP contribution in [0.5, 0.6) is 0 Å². The average Bonchev–Trinajstić information content (AvgIpc) is 2.66. The minimum Gasteiger partial charge on any atom is -0.310 e. The minimum atomic E-state index is 0.664. The van der Waals surface area contributed by atoms with E-state index in [0.717, 1.165) is 31.9 Å². The summed E-state index contributed by atoms with van der Waals surface area (Å²) in [6.45, 7) is 9.44. The fraction of sp³-hybridized carbons (Fsp3) is 0.818. The molecule has 0 saturated heterocycles. The van der Waals surface area contributed by atoms with Crippen LogP contribution in [-0.2, 0) is 13.1 Å². The number of aromatic nitrogens is 3. The molecule has 1 rings (SSSR count). The number of hydrogen-bond acceptors (Lipinski definition) is 3. The van der Waals surface area contributed by atoms with E-state index in [0.29, 0.717) is 5.92 Å². The number of rotatable bonds is 7. The highest BCUT2D eigenvalue weighted by Gasteiger charge is 2.06. The third-order valence-corrected chi connectivity index (χ3v) is 2.59. The molecule has 1 atom stereocenters. The first-order valence-corrected chi connectivity index (χ1v) is 5.85. The molecule has 0 aromatic carbocycles. The van der Waals surface area contributed by atoms with Crippen molar-refractivity contribution < 1.29 is 0 Å². The van der Waals surface area contributed by atoms with Crippen LogP contribution in [0.15, 0.2) is 6.33 Å². The van der Waals surface area contributed by atoms with Crippen molar-refractivity contribution in [2.75, 3.05) is 6.54 Å². The molecule has 1 unspecified atom stereocenters. The molecule has 1 heterocycles. The predicted octanol–water partition coefficient (Wildman–Crippen LogP) is 1.82. The largest absolute Gasteiger partial charge is 0.310 e. The summed E-state index contributed by atoms with van der Waals surface area (Å²) >= 11 is 0. The molecular formula is C11H22N4. The lowest BCUT2D eigenvalue weighted by Gasteiger charge is -2.11. The molecule has 0 aliphatic carbocycles. The van der Waals surface area contributed by atoms with Crippen molar-refractivity contribution in [2.24, 2.45) is 5.92 Å². The number of nitrogens with one attached hydrogen (secondary N) is 1. The molecule has 15 heavy (non-hydrogen) atoms. The topological polar surface area (TPSA) is 42.7 Å². The maximum atomic E-state index is 4.26. The van der Waals surface area contributed by atoms with Crippen LogP contribution < -0.4 is 5.32 Å². The van der Waals surface area contributed by atoms with Gasteiger partial charge in [0.2, 0.25) is 0 Å². The van der Waals surface area contributed by atoms with Gasteiger partial charge in [-0.25, -0.2) is 9.67 Å². The average molecular weight is 210 g/mol. The van der Waals surface area contributed by atoms with E-state index in [-0.39, 0.29) is 0 Å². The zero-order valence-electron chi connectivity index (χ0n) is 10.0. The van der Waals surface area contributed by atoms with E-state index in [2.05, 4.69) is 36.2 Å². The molecule has 0 aliphatic rings. The highest BCUT2D eigenvalue weighted by atomic mass is 15.3. The second-order valence-corrected chi connectivity index (χ2v) is 4.05. The van der Waals surface area contributed by atoms with Gasteiger partial charge in [0.15, 0.2) is 0 Å². The molecule has 0 aliphatic heterocycles. The second kappa shape index (κ2) is 6.56.